The highest BCUT2D eigenvalue weighted by Crippen LogP contribution is 2.23. The first-order valence-electron chi connectivity index (χ1n) is 6.08. The van der Waals surface area contributed by atoms with E-state index in [1.54, 1.807) is 11.3 Å². The molecule has 19 heavy (non-hydrogen) atoms. The van der Waals surface area contributed by atoms with Gasteiger partial charge in [0.25, 0.3) is 0 Å². The second kappa shape index (κ2) is 5.63. The lowest BCUT2D eigenvalue weighted by Crippen LogP contribution is -1.98. The number of nitrogens with one attached hydrogen (secondary N) is 1. The van der Waals surface area contributed by atoms with Crippen LogP contribution >= 0.6 is 11.3 Å². The van der Waals surface area contributed by atoms with Crippen molar-refractivity contribution >= 4 is 17.0 Å². The Kier molecular flexibility index (Phi) is 3.51. The van der Waals surface area contributed by atoms with Crippen molar-refractivity contribution < 1.29 is 0 Å². The van der Waals surface area contributed by atoms with Gasteiger partial charge in [-0.3, -0.25) is 0 Å². The van der Waals surface area contributed by atoms with Crippen LogP contribution in [0.5, 0.6) is 0 Å². The molecular formula is C15H13N3S. The fourth-order valence-electron chi connectivity index (χ4n) is 1.76. The first kappa shape index (κ1) is 11.9. The Morgan fingerprint density at radius 2 is 1.53 bits per heavy atom. The van der Waals surface area contributed by atoms with Gasteiger partial charge in [0.2, 0.25) is 0 Å². The van der Waals surface area contributed by atoms with Gasteiger partial charge in [-0.05, 0) is 12.1 Å². The summed E-state index contributed by atoms with van der Waals surface area (Å²) < 4.78 is 0. The summed E-state index contributed by atoms with van der Waals surface area (Å²) in [5, 5.41) is 13.7. The van der Waals surface area contributed by atoms with E-state index in [9.17, 15) is 0 Å². The zero-order chi connectivity index (χ0) is 12.9. The van der Waals surface area contributed by atoms with Crippen molar-refractivity contribution in [1.82, 2.24) is 10.2 Å². The fraction of sp³-hybridized carbons (Fsp3) is 0.0667. The molecule has 0 amide bonds. The Hall–Kier alpha value is -2.20. The van der Waals surface area contributed by atoms with E-state index in [0.29, 0.717) is 6.54 Å². The zero-order valence-corrected chi connectivity index (χ0v) is 11.1. The highest BCUT2D eigenvalue weighted by Gasteiger charge is 2.05. The smallest absolute Gasteiger partial charge is 0.147 e. The zero-order valence-electron chi connectivity index (χ0n) is 10.3. The number of para-hydroxylation sites is 1. The molecule has 4 heteroatoms. The van der Waals surface area contributed by atoms with Crippen LogP contribution in [-0.4, -0.2) is 10.2 Å². The molecule has 0 spiro atoms. The van der Waals surface area contributed by atoms with Crippen LogP contribution in [0, 0.1) is 0 Å². The molecule has 0 unspecified atom stereocenters. The molecule has 1 heterocycles. The van der Waals surface area contributed by atoms with E-state index in [0.717, 1.165) is 21.3 Å². The largest absolute Gasteiger partial charge is 0.378 e. The molecule has 0 bridgehead atoms. The second-order valence-corrected chi connectivity index (χ2v) is 5.15. The molecule has 1 N–H and O–H groups in total. The lowest BCUT2D eigenvalue weighted by Gasteiger charge is -2.01. The molecule has 3 nitrogen and oxygen atoms in total. The van der Waals surface area contributed by atoms with Gasteiger partial charge < -0.3 is 5.32 Å². The number of hydrogen-bond acceptors (Lipinski definition) is 4. The van der Waals surface area contributed by atoms with Gasteiger partial charge in [0.05, 0.1) is 6.54 Å². The third-order valence-electron chi connectivity index (χ3n) is 2.71. The minimum atomic E-state index is 0.703. The molecule has 1 aromatic heterocycles. The number of benzene rings is 2. The molecule has 0 atom stereocenters. The highest BCUT2D eigenvalue weighted by molar-refractivity contribution is 7.14. The Morgan fingerprint density at radius 3 is 2.26 bits per heavy atom. The second-order valence-electron chi connectivity index (χ2n) is 4.09. The monoisotopic (exact) mass is 267 g/mol. The van der Waals surface area contributed by atoms with Gasteiger partial charge in [0, 0.05) is 11.3 Å². The van der Waals surface area contributed by atoms with E-state index in [1.165, 1.54) is 0 Å². The van der Waals surface area contributed by atoms with Crippen LogP contribution in [0.15, 0.2) is 60.7 Å². The van der Waals surface area contributed by atoms with Gasteiger partial charge in [-0.2, -0.15) is 0 Å². The van der Waals surface area contributed by atoms with Gasteiger partial charge >= 0.3 is 0 Å². The summed E-state index contributed by atoms with van der Waals surface area (Å²) in [5.74, 6) is 0. The third kappa shape index (κ3) is 2.98. The first-order chi connectivity index (χ1) is 9.42. The average Bonchev–Trinajstić information content (AvgIpc) is 2.96. The maximum absolute atomic E-state index is 4.23. The SMILES string of the molecule is c1ccc(NCc2nnc(-c3ccccc3)s2)cc1. The molecule has 3 rings (SSSR count). The van der Waals surface area contributed by atoms with Gasteiger partial charge in [0.15, 0.2) is 0 Å². The Morgan fingerprint density at radius 1 is 0.842 bits per heavy atom. The summed E-state index contributed by atoms with van der Waals surface area (Å²) in [6.07, 6.45) is 0. The topological polar surface area (TPSA) is 37.8 Å². The summed E-state index contributed by atoms with van der Waals surface area (Å²) in [6, 6.07) is 20.2. The van der Waals surface area contributed by atoms with Crippen LogP contribution < -0.4 is 5.32 Å². The third-order valence-corrected chi connectivity index (χ3v) is 3.68. The van der Waals surface area contributed by atoms with Gasteiger partial charge in [-0.25, -0.2) is 0 Å². The predicted molar refractivity (Wildman–Crippen MR) is 79.1 cm³/mol. The molecule has 0 radical (unpaired) electrons. The Labute approximate surface area is 116 Å². The first-order valence-corrected chi connectivity index (χ1v) is 6.90. The average molecular weight is 267 g/mol. The summed E-state index contributed by atoms with van der Waals surface area (Å²) in [5.41, 5.74) is 2.21. The Balaban J connectivity index is 1.69. The standard InChI is InChI=1S/C15H13N3S/c1-3-7-12(8-4-1)15-18-17-14(19-15)11-16-13-9-5-2-6-10-13/h1-10,16H,11H2. The molecule has 0 aliphatic heterocycles. The fourth-order valence-corrected chi connectivity index (χ4v) is 2.54. The maximum atomic E-state index is 4.23. The maximum Gasteiger partial charge on any atom is 0.147 e. The molecule has 0 fully saturated rings. The van der Waals surface area contributed by atoms with E-state index in [-0.39, 0.29) is 0 Å². The van der Waals surface area contributed by atoms with Gasteiger partial charge in [0.1, 0.15) is 10.0 Å². The molecule has 0 aliphatic carbocycles. The number of nitrogens with zero attached hydrogens (tertiary/aromatic N) is 2. The van der Waals surface area contributed by atoms with Crippen LogP contribution in [0.2, 0.25) is 0 Å². The molecule has 3 aromatic rings. The van der Waals surface area contributed by atoms with Gasteiger partial charge in [-0.1, -0.05) is 59.9 Å². The molecule has 0 saturated carbocycles. The Bertz CT molecular complexity index is 635. The minimum absolute atomic E-state index is 0.703. The van der Waals surface area contributed by atoms with Crippen molar-refractivity contribution in [3.8, 4) is 10.6 Å². The van der Waals surface area contributed by atoms with Crippen LogP contribution in [-0.2, 0) is 6.54 Å². The van der Waals surface area contributed by atoms with Crippen molar-refractivity contribution in [3.05, 3.63) is 65.7 Å². The molecule has 0 aliphatic rings. The number of rotatable bonds is 4. The van der Waals surface area contributed by atoms with Crippen LogP contribution in [0.3, 0.4) is 0 Å². The van der Waals surface area contributed by atoms with Crippen LogP contribution in [0.25, 0.3) is 10.6 Å². The van der Waals surface area contributed by atoms with E-state index in [4.69, 9.17) is 0 Å². The normalized spacial score (nSPS) is 10.3. The minimum Gasteiger partial charge on any atom is -0.378 e. The summed E-state index contributed by atoms with van der Waals surface area (Å²) in [7, 11) is 0. The molecule has 0 saturated heterocycles. The predicted octanol–water partition coefficient (Wildman–Crippen LogP) is 3.82. The van der Waals surface area contributed by atoms with Crippen molar-refractivity contribution in [1.29, 1.82) is 0 Å². The van der Waals surface area contributed by atoms with E-state index in [2.05, 4.69) is 27.6 Å². The van der Waals surface area contributed by atoms with Crippen molar-refractivity contribution in [2.24, 2.45) is 0 Å². The van der Waals surface area contributed by atoms with Crippen molar-refractivity contribution in [2.75, 3.05) is 5.32 Å². The lowest BCUT2D eigenvalue weighted by molar-refractivity contribution is 0.992. The van der Waals surface area contributed by atoms with E-state index in [1.807, 2.05) is 48.5 Å². The van der Waals surface area contributed by atoms with Crippen LogP contribution in [0.1, 0.15) is 5.01 Å². The van der Waals surface area contributed by atoms with Crippen molar-refractivity contribution in [3.63, 3.8) is 0 Å². The number of anilines is 1. The lowest BCUT2D eigenvalue weighted by atomic mass is 10.2. The van der Waals surface area contributed by atoms with Crippen LogP contribution in [0.4, 0.5) is 5.69 Å². The number of hydrogen-bond donors (Lipinski definition) is 1. The summed E-state index contributed by atoms with van der Waals surface area (Å²) >= 11 is 1.62. The van der Waals surface area contributed by atoms with Gasteiger partial charge in [-0.15, -0.1) is 10.2 Å². The van der Waals surface area contributed by atoms with Crippen molar-refractivity contribution in [2.45, 2.75) is 6.54 Å². The number of aromatic nitrogens is 2. The molecular weight excluding hydrogens is 254 g/mol. The quantitative estimate of drug-likeness (QED) is 0.781. The molecule has 94 valence electrons. The highest BCUT2D eigenvalue weighted by atomic mass is 32.1. The van der Waals surface area contributed by atoms with E-state index >= 15 is 0 Å². The summed E-state index contributed by atoms with van der Waals surface area (Å²) in [6.45, 7) is 0.703. The van der Waals surface area contributed by atoms with E-state index < -0.39 is 0 Å². The summed E-state index contributed by atoms with van der Waals surface area (Å²) in [4.78, 5) is 0. The molecule has 2 aromatic carbocycles.